The van der Waals surface area contributed by atoms with Crippen molar-refractivity contribution in [2.24, 2.45) is 5.92 Å². The molecule has 4 nitrogen and oxygen atoms in total. The predicted octanol–water partition coefficient (Wildman–Crippen LogP) is 4.60. The molecule has 1 unspecified atom stereocenters. The maximum atomic E-state index is 13.2. The Balaban J connectivity index is 1.39. The number of alkyl halides is 1. The summed E-state index contributed by atoms with van der Waals surface area (Å²) in [5.74, 6) is 1.11. The minimum absolute atomic E-state index is 0.00336. The molecule has 0 aromatic heterocycles. The molecule has 1 fully saturated rings. The zero-order chi connectivity index (χ0) is 21.1. The van der Waals surface area contributed by atoms with Gasteiger partial charge in [0.15, 0.2) is 5.78 Å². The highest BCUT2D eigenvalue weighted by molar-refractivity contribution is 6.39. The zero-order valence-electron chi connectivity index (χ0n) is 17.6. The summed E-state index contributed by atoms with van der Waals surface area (Å²) in [6.07, 6.45) is 3.38. The molecule has 1 aliphatic heterocycles. The van der Waals surface area contributed by atoms with Crippen LogP contribution in [0.4, 0.5) is 0 Å². The Labute approximate surface area is 183 Å². The van der Waals surface area contributed by atoms with E-state index in [9.17, 15) is 9.90 Å². The highest BCUT2D eigenvalue weighted by atomic mass is 35.5. The number of benzene rings is 2. The number of aliphatic hydroxyl groups excluding tert-OH is 1. The van der Waals surface area contributed by atoms with Gasteiger partial charge in [-0.05, 0) is 74.9 Å². The van der Waals surface area contributed by atoms with E-state index >= 15 is 0 Å². The molecule has 4 rings (SSSR count). The largest absolute Gasteiger partial charge is 0.493 e. The summed E-state index contributed by atoms with van der Waals surface area (Å²) < 4.78 is 5.65. The van der Waals surface area contributed by atoms with Crippen LogP contribution < -0.4 is 4.74 Å². The number of Topliss-reactive ketones (excluding diaryl/α,β-unsaturated/α-hetero) is 1. The number of carbonyl (C=O) groups is 1. The van der Waals surface area contributed by atoms with Gasteiger partial charge in [0.2, 0.25) is 0 Å². The third-order valence-corrected chi connectivity index (χ3v) is 6.91. The maximum Gasteiger partial charge on any atom is 0.184 e. The van der Waals surface area contributed by atoms with Crippen LogP contribution in [-0.4, -0.2) is 40.4 Å². The van der Waals surface area contributed by atoms with Gasteiger partial charge in [0.1, 0.15) is 10.6 Å². The van der Waals surface area contributed by atoms with Crippen molar-refractivity contribution in [1.82, 2.24) is 4.90 Å². The number of aliphatic hydroxyl groups is 1. The van der Waals surface area contributed by atoms with Crippen molar-refractivity contribution in [3.8, 4) is 5.75 Å². The molecule has 1 aliphatic carbocycles. The number of hydrogen-bond acceptors (Lipinski definition) is 4. The molecule has 0 saturated carbocycles. The van der Waals surface area contributed by atoms with E-state index in [1.54, 1.807) is 6.07 Å². The van der Waals surface area contributed by atoms with Crippen molar-refractivity contribution in [3.05, 3.63) is 64.7 Å². The average Bonchev–Trinajstić information content (AvgIpc) is 2.99. The molecule has 1 N–H and O–H groups in total. The van der Waals surface area contributed by atoms with Crippen molar-refractivity contribution >= 4 is 17.4 Å². The Morgan fingerprint density at radius 1 is 1.20 bits per heavy atom. The summed E-state index contributed by atoms with van der Waals surface area (Å²) in [7, 11) is 0. The number of carbonyl (C=O) groups excluding carboxylic acids is 1. The van der Waals surface area contributed by atoms with E-state index in [4.69, 9.17) is 16.3 Å². The fourth-order valence-corrected chi connectivity index (χ4v) is 5.34. The third kappa shape index (κ3) is 4.41. The smallest absolute Gasteiger partial charge is 0.184 e. The van der Waals surface area contributed by atoms with Crippen molar-refractivity contribution in [1.29, 1.82) is 0 Å². The number of ether oxygens (including phenoxy) is 1. The molecule has 2 aromatic rings. The van der Waals surface area contributed by atoms with Crippen molar-refractivity contribution in [2.45, 2.75) is 50.6 Å². The quantitative estimate of drug-likeness (QED) is 0.656. The standard InChI is InChI=1S/C25H30ClNO3/c1-2-30-23-13-20-15-25(26,24(29)22(20)12-21(23)17-28)14-18-8-10-27(11-9-18)16-19-6-4-3-5-7-19/h3-7,12-13,18,28H,2,8-11,14-17H2,1H3. The highest BCUT2D eigenvalue weighted by Crippen LogP contribution is 2.43. The molecular formula is C25H30ClNO3. The molecule has 0 bridgehead atoms. The number of fused-ring (bicyclic) bond motifs is 1. The molecule has 0 radical (unpaired) electrons. The Bertz CT molecular complexity index is 893. The highest BCUT2D eigenvalue weighted by Gasteiger charge is 2.46. The van der Waals surface area contributed by atoms with Crippen molar-refractivity contribution in [2.75, 3.05) is 19.7 Å². The summed E-state index contributed by atoms with van der Waals surface area (Å²) in [5, 5.41) is 9.66. The molecule has 2 aliphatic rings. The van der Waals surface area contributed by atoms with E-state index in [-0.39, 0.29) is 12.4 Å². The first kappa shape index (κ1) is 21.4. The van der Waals surface area contributed by atoms with E-state index in [0.29, 0.717) is 42.2 Å². The molecule has 1 heterocycles. The molecule has 160 valence electrons. The summed E-state index contributed by atoms with van der Waals surface area (Å²) in [5.41, 5.74) is 3.59. The Morgan fingerprint density at radius 2 is 1.93 bits per heavy atom. The van der Waals surface area contributed by atoms with Crippen molar-refractivity contribution < 1.29 is 14.6 Å². The number of ketones is 1. The number of nitrogens with zero attached hydrogens (tertiary/aromatic N) is 1. The second kappa shape index (κ2) is 9.09. The van der Waals surface area contributed by atoms with Crippen LogP contribution in [0.25, 0.3) is 0 Å². The van der Waals surface area contributed by atoms with Gasteiger partial charge >= 0.3 is 0 Å². The summed E-state index contributed by atoms with van der Waals surface area (Å²) in [6.45, 7) is 5.34. The molecule has 30 heavy (non-hydrogen) atoms. The first-order chi connectivity index (χ1) is 14.5. The van der Waals surface area contributed by atoms with E-state index in [1.165, 1.54) is 5.56 Å². The Morgan fingerprint density at radius 3 is 2.60 bits per heavy atom. The zero-order valence-corrected chi connectivity index (χ0v) is 18.3. The lowest BCUT2D eigenvalue weighted by atomic mass is 9.84. The maximum absolute atomic E-state index is 13.2. The number of rotatable bonds is 7. The number of halogens is 1. The normalized spacial score (nSPS) is 22.3. The number of piperidine rings is 1. The minimum Gasteiger partial charge on any atom is -0.493 e. The van der Waals surface area contributed by atoms with E-state index < -0.39 is 4.87 Å². The predicted molar refractivity (Wildman–Crippen MR) is 119 cm³/mol. The van der Waals surface area contributed by atoms with Crippen LogP contribution >= 0.6 is 11.6 Å². The molecule has 5 heteroatoms. The summed E-state index contributed by atoms with van der Waals surface area (Å²) >= 11 is 6.94. The molecule has 0 amide bonds. The molecule has 1 atom stereocenters. The Hall–Kier alpha value is -1.88. The van der Waals surface area contributed by atoms with E-state index in [0.717, 1.165) is 38.0 Å². The average molecular weight is 428 g/mol. The van der Waals surface area contributed by atoms with Crippen molar-refractivity contribution in [3.63, 3.8) is 0 Å². The van der Waals surface area contributed by atoms with Crippen LogP contribution in [0.3, 0.4) is 0 Å². The van der Waals surface area contributed by atoms with Gasteiger partial charge in [-0.2, -0.15) is 0 Å². The monoisotopic (exact) mass is 427 g/mol. The second-order valence-electron chi connectivity index (χ2n) is 8.59. The van der Waals surface area contributed by atoms with Crippen LogP contribution in [0.2, 0.25) is 0 Å². The lowest BCUT2D eigenvalue weighted by Gasteiger charge is -2.34. The molecule has 2 aromatic carbocycles. The van der Waals surface area contributed by atoms with Gasteiger partial charge < -0.3 is 9.84 Å². The molecular weight excluding hydrogens is 398 g/mol. The van der Waals surface area contributed by atoms with Crippen LogP contribution in [0, 0.1) is 5.92 Å². The van der Waals surface area contributed by atoms with E-state index in [1.807, 2.05) is 19.1 Å². The van der Waals surface area contributed by atoms with Crippen LogP contribution in [0.15, 0.2) is 42.5 Å². The van der Waals surface area contributed by atoms with Crippen LogP contribution in [0.1, 0.15) is 53.2 Å². The van der Waals surface area contributed by atoms with Gasteiger partial charge in [0.05, 0.1) is 13.2 Å². The minimum atomic E-state index is -0.869. The lowest BCUT2D eigenvalue weighted by Crippen LogP contribution is -2.38. The van der Waals surface area contributed by atoms with Gasteiger partial charge in [0, 0.05) is 17.7 Å². The molecule has 1 saturated heterocycles. The van der Waals surface area contributed by atoms with Gasteiger partial charge in [-0.25, -0.2) is 0 Å². The lowest BCUT2D eigenvalue weighted by molar-refractivity contribution is 0.0919. The summed E-state index contributed by atoms with van der Waals surface area (Å²) in [6, 6.07) is 14.2. The van der Waals surface area contributed by atoms with Gasteiger partial charge in [-0.1, -0.05) is 30.3 Å². The van der Waals surface area contributed by atoms with Gasteiger partial charge in [0.25, 0.3) is 0 Å². The fraction of sp³-hybridized carbons (Fsp3) is 0.480. The van der Waals surface area contributed by atoms with Gasteiger partial charge in [-0.3, -0.25) is 9.69 Å². The number of likely N-dealkylation sites (tertiary alicyclic amines) is 1. The molecule has 0 spiro atoms. The second-order valence-corrected chi connectivity index (χ2v) is 9.31. The first-order valence-corrected chi connectivity index (χ1v) is 11.3. The third-order valence-electron chi connectivity index (χ3n) is 6.45. The van der Waals surface area contributed by atoms with Crippen LogP contribution in [0.5, 0.6) is 5.75 Å². The Kier molecular flexibility index (Phi) is 6.47. The SMILES string of the molecule is CCOc1cc2c(cc1CO)C(=O)C(Cl)(CC1CCN(Cc3ccccc3)CC1)C2. The van der Waals surface area contributed by atoms with Gasteiger partial charge in [-0.15, -0.1) is 11.6 Å². The van der Waals surface area contributed by atoms with E-state index in [2.05, 4.69) is 29.2 Å². The fourth-order valence-electron chi connectivity index (χ4n) is 4.87. The first-order valence-electron chi connectivity index (χ1n) is 10.9. The topological polar surface area (TPSA) is 49.8 Å². The van der Waals surface area contributed by atoms with Crippen LogP contribution in [-0.2, 0) is 19.6 Å². The summed E-state index contributed by atoms with van der Waals surface area (Å²) in [4.78, 5) is 14.8. The number of hydrogen-bond donors (Lipinski definition) is 1.